The van der Waals surface area contributed by atoms with E-state index in [0.29, 0.717) is 41.0 Å². The van der Waals surface area contributed by atoms with Crippen LogP contribution in [0.25, 0.3) is 0 Å². The fraction of sp³-hybridized carbons (Fsp3) is 0.222. The van der Waals surface area contributed by atoms with Crippen molar-refractivity contribution in [1.82, 2.24) is 10.2 Å². The molecule has 1 N–H and O–H groups in total. The van der Waals surface area contributed by atoms with E-state index in [9.17, 15) is 22.8 Å². The van der Waals surface area contributed by atoms with Crippen LogP contribution in [0.4, 0.5) is 0 Å². The fourth-order valence-electron chi connectivity index (χ4n) is 4.34. The van der Waals surface area contributed by atoms with Gasteiger partial charge < -0.3 is 15.0 Å². The van der Waals surface area contributed by atoms with E-state index in [2.05, 4.69) is 5.32 Å². The zero-order valence-corrected chi connectivity index (χ0v) is 23.3. The first-order valence-corrected chi connectivity index (χ1v) is 14.6. The van der Waals surface area contributed by atoms with Crippen molar-refractivity contribution < 1.29 is 22.8 Å². The summed E-state index contributed by atoms with van der Waals surface area (Å²) in [6, 6.07) is 13.5. The molecule has 0 radical (unpaired) electrons. The minimum absolute atomic E-state index is 0.0429. The number of carbonyl (C=O) groups excluding carboxylic acids is 3. The SMILES string of the molecule is CS(=O)(=O)c1cccc(C[C@@H](C=O)NC(=O)c2c(Cl)cc3c(c2Cl)CCN(C(=O)c2ccc(Cl)cc2)C3)c1. The zero-order chi connectivity index (χ0) is 27.6. The number of carbonyl (C=O) groups is 3. The molecule has 11 heteroatoms. The van der Waals surface area contributed by atoms with Crippen LogP contribution >= 0.6 is 34.8 Å². The molecule has 0 unspecified atom stereocenters. The van der Waals surface area contributed by atoms with Gasteiger partial charge in [-0.2, -0.15) is 0 Å². The minimum Gasteiger partial charge on any atom is -0.342 e. The lowest BCUT2D eigenvalue weighted by Gasteiger charge is -2.30. The Labute approximate surface area is 235 Å². The van der Waals surface area contributed by atoms with Gasteiger partial charge >= 0.3 is 0 Å². The van der Waals surface area contributed by atoms with Gasteiger partial charge in [0.2, 0.25) is 0 Å². The molecule has 1 heterocycles. The second-order valence-corrected chi connectivity index (χ2v) is 12.2. The van der Waals surface area contributed by atoms with E-state index in [0.717, 1.165) is 11.8 Å². The second-order valence-electron chi connectivity index (χ2n) is 9.01. The van der Waals surface area contributed by atoms with Gasteiger partial charge in [0, 0.05) is 29.9 Å². The number of halogens is 3. The summed E-state index contributed by atoms with van der Waals surface area (Å²) >= 11 is 19.0. The molecule has 198 valence electrons. The number of rotatable bonds is 7. The predicted octanol–water partition coefficient (Wildman–Crippen LogP) is 4.79. The van der Waals surface area contributed by atoms with Gasteiger partial charge in [0.25, 0.3) is 11.8 Å². The van der Waals surface area contributed by atoms with Crippen molar-refractivity contribution in [2.24, 2.45) is 0 Å². The van der Waals surface area contributed by atoms with E-state index < -0.39 is 21.8 Å². The monoisotopic (exact) mass is 592 g/mol. The van der Waals surface area contributed by atoms with Gasteiger partial charge in [-0.3, -0.25) is 9.59 Å². The maximum atomic E-state index is 13.1. The van der Waals surface area contributed by atoms with E-state index >= 15 is 0 Å². The number of hydrogen-bond acceptors (Lipinski definition) is 5. The predicted molar refractivity (Wildman–Crippen MR) is 147 cm³/mol. The number of nitrogens with zero attached hydrogens (tertiary/aromatic N) is 1. The Bertz CT molecular complexity index is 1520. The Balaban J connectivity index is 1.51. The summed E-state index contributed by atoms with van der Waals surface area (Å²) in [5, 5.41) is 3.43. The smallest absolute Gasteiger partial charge is 0.254 e. The third kappa shape index (κ3) is 6.21. The highest BCUT2D eigenvalue weighted by molar-refractivity contribution is 7.90. The lowest BCUT2D eigenvalue weighted by molar-refractivity contribution is -0.109. The molecule has 38 heavy (non-hydrogen) atoms. The molecule has 1 atom stereocenters. The standard InChI is InChI=1S/C27H23Cl3N2O5S/c1-38(36,37)21-4-2-3-16(12-21)11-20(15-33)31-26(34)24-23(29)13-18-14-32(10-9-22(18)25(24)30)27(35)17-5-7-19(28)8-6-17/h2-8,12-13,15,20H,9-11,14H2,1H3,(H,31,34)/t20-/m0/s1. The molecule has 1 aliphatic heterocycles. The van der Waals surface area contributed by atoms with E-state index in [1.165, 1.54) is 12.1 Å². The highest BCUT2D eigenvalue weighted by Gasteiger charge is 2.28. The van der Waals surface area contributed by atoms with Crippen molar-refractivity contribution >= 4 is 62.7 Å². The van der Waals surface area contributed by atoms with Crippen LogP contribution in [0, 0.1) is 0 Å². The topological polar surface area (TPSA) is 101 Å². The number of nitrogens with one attached hydrogen (secondary N) is 1. The Morgan fingerprint density at radius 2 is 1.79 bits per heavy atom. The summed E-state index contributed by atoms with van der Waals surface area (Å²) in [5.74, 6) is -0.783. The zero-order valence-electron chi connectivity index (χ0n) is 20.2. The molecule has 0 saturated heterocycles. The lowest BCUT2D eigenvalue weighted by atomic mass is 9.95. The van der Waals surface area contributed by atoms with E-state index in [4.69, 9.17) is 34.8 Å². The molecular weight excluding hydrogens is 571 g/mol. The molecule has 1 aliphatic rings. The summed E-state index contributed by atoms with van der Waals surface area (Å²) in [6.45, 7) is 0.663. The number of aldehydes is 1. The van der Waals surface area contributed by atoms with E-state index in [1.54, 1.807) is 47.4 Å². The second kappa shape index (κ2) is 11.5. The molecule has 3 aromatic rings. The molecule has 0 fully saturated rings. The van der Waals surface area contributed by atoms with Crippen molar-refractivity contribution in [3.8, 4) is 0 Å². The quantitative estimate of drug-likeness (QED) is 0.397. The van der Waals surface area contributed by atoms with Crippen molar-refractivity contribution in [3.05, 3.63) is 97.5 Å². The first kappa shape index (κ1) is 28.1. The molecule has 4 rings (SSSR count). The van der Waals surface area contributed by atoms with Crippen molar-refractivity contribution in [3.63, 3.8) is 0 Å². The van der Waals surface area contributed by atoms with Gasteiger partial charge in [0.1, 0.15) is 6.29 Å². The van der Waals surface area contributed by atoms with Crippen LogP contribution in [0.5, 0.6) is 0 Å². The third-order valence-corrected chi connectivity index (χ3v) is 8.35. The minimum atomic E-state index is -3.42. The summed E-state index contributed by atoms with van der Waals surface area (Å²) < 4.78 is 23.7. The summed E-state index contributed by atoms with van der Waals surface area (Å²) in [6.07, 6.45) is 2.17. The van der Waals surface area contributed by atoms with Crippen LogP contribution in [0.3, 0.4) is 0 Å². The summed E-state index contributed by atoms with van der Waals surface area (Å²) in [7, 11) is -3.42. The molecule has 0 bridgehead atoms. The van der Waals surface area contributed by atoms with Gasteiger partial charge in [-0.05, 0) is 72.0 Å². The van der Waals surface area contributed by atoms with Crippen LogP contribution in [0.15, 0.2) is 59.5 Å². The number of benzene rings is 3. The fourth-order valence-corrected chi connectivity index (χ4v) is 5.92. The van der Waals surface area contributed by atoms with Gasteiger partial charge in [0.15, 0.2) is 9.84 Å². The van der Waals surface area contributed by atoms with Crippen LogP contribution in [-0.2, 0) is 34.0 Å². The first-order valence-electron chi connectivity index (χ1n) is 11.6. The van der Waals surface area contributed by atoms with Crippen LogP contribution in [-0.4, -0.2) is 50.3 Å². The van der Waals surface area contributed by atoms with Gasteiger partial charge in [-0.1, -0.05) is 46.9 Å². The summed E-state index contributed by atoms with van der Waals surface area (Å²) in [5.41, 5.74) is 2.56. The van der Waals surface area contributed by atoms with Gasteiger partial charge in [-0.25, -0.2) is 8.42 Å². The van der Waals surface area contributed by atoms with Crippen LogP contribution in [0.2, 0.25) is 15.1 Å². The molecular formula is C27H23Cl3N2O5S. The molecule has 0 spiro atoms. The van der Waals surface area contributed by atoms with Crippen molar-refractivity contribution in [2.45, 2.75) is 30.3 Å². The Kier molecular flexibility index (Phi) is 8.47. The molecule has 0 saturated carbocycles. The molecule has 2 amide bonds. The largest absolute Gasteiger partial charge is 0.342 e. The van der Waals surface area contributed by atoms with Crippen LogP contribution in [0.1, 0.15) is 37.4 Å². The number of amides is 2. The lowest BCUT2D eigenvalue weighted by Crippen LogP contribution is -2.39. The number of fused-ring (bicyclic) bond motifs is 1. The normalized spacial score (nSPS) is 13.9. The molecule has 0 aliphatic carbocycles. The van der Waals surface area contributed by atoms with E-state index in [1.807, 2.05) is 0 Å². The Hall–Kier alpha value is -2.91. The maximum Gasteiger partial charge on any atom is 0.254 e. The maximum absolute atomic E-state index is 13.1. The van der Waals surface area contributed by atoms with Gasteiger partial charge in [-0.15, -0.1) is 0 Å². The van der Waals surface area contributed by atoms with Crippen LogP contribution < -0.4 is 5.32 Å². The molecule has 3 aromatic carbocycles. The highest BCUT2D eigenvalue weighted by Crippen LogP contribution is 2.35. The first-order chi connectivity index (χ1) is 18.0. The summed E-state index contributed by atoms with van der Waals surface area (Å²) in [4.78, 5) is 39.6. The van der Waals surface area contributed by atoms with Crippen molar-refractivity contribution in [2.75, 3.05) is 12.8 Å². The van der Waals surface area contributed by atoms with Crippen molar-refractivity contribution in [1.29, 1.82) is 0 Å². The number of hydrogen-bond donors (Lipinski definition) is 1. The highest BCUT2D eigenvalue weighted by atomic mass is 35.5. The molecule has 0 aromatic heterocycles. The van der Waals surface area contributed by atoms with E-state index in [-0.39, 0.29) is 39.4 Å². The average molecular weight is 594 g/mol. The number of sulfone groups is 1. The third-order valence-electron chi connectivity index (χ3n) is 6.27. The Morgan fingerprint density at radius 3 is 2.45 bits per heavy atom. The average Bonchev–Trinajstić information content (AvgIpc) is 2.87. The van der Waals surface area contributed by atoms with Gasteiger partial charge in [0.05, 0.1) is 26.5 Å². The Morgan fingerprint density at radius 1 is 1.08 bits per heavy atom. The molecule has 7 nitrogen and oxygen atoms in total.